The van der Waals surface area contributed by atoms with E-state index < -0.39 is 4.92 Å². The van der Waals surface area contributed by atoms with Crippen molar-refractivity contribution in [1.82, 2.24) is 14.8 Å². The molecule has 8 nitrogen and oxygen atoms in total. The number of nitro groups is 1. The van der Waals surface area contributed by atoms with Gasteiger partial charge in [-0.05, 0) is 36.6 Å². The third kappa shape index (κ3) is 3.19. The molecule has 0 spiro atoms. The SMILES string of the molecule is CCn1c(S/C=C/c2ccc([N+](=O)[O-])o2)nnc1-c1ccco1. The van der Waals surface area contributed by atoms with Crippen molar-refractivity contribution >= 4 is 23.7 Å². The van der Waals surface area contributed by atoms with E-state index in [2.05, 4.69) is 10.2 Å². The van der Waals surface area contributed by atoms with E-state index >= 15 is 0 Å². The Morgan fingerprint density at radius 1 is 1.39 bits per heavy atom. The first-order valence-electron chi connectivity index (χ1n) is 6.73. The monoisotopic (exact) mass is 332 g/mol. The molecule has 3 aromatic heterocycles. The zero-order valence-electron chi connectivity index (χ0n) is 12.1. The zero-order valence-corrected chi connectivity index (χ0v) is 12.9. The average molecular weight is 332 g/mol. The molecule has 9 heteroatoms. The summed E-state index contributed by atoms with van der Waals surface area (Å²) < 4.78 is 12.3. The summed E-state index contributed by atoms with van der Waals surface area (Å²) in [6, 6.07) is 6.46. The van der Waals surface area contributed by atoms with Gasteiger partial charge in [0.15, 0.2) is 16.7 Å². The Hall–Kier alpha value is -2.81. The summed E-state index contributed by atoms with van der Waals surface area (Å²) in [5, 5.41) is 21.3. The molecule has 23 heavy (non-hydrogen) atoms. The van der Waals surface area contributed by atoms with Crippen LogP contribution in [0.4, 0.5) is 5.88 Å². The van der Waals surface area contributed by atoms with Crippen LogP contribution < -0.4 is 0 Å². The number of furan rings is 2. The van der Waals surface area contributed by atoms with Crippen molar-refractivity contribution in [3.05, 3.63) is 51.8 Å². The van der Waals surface area contributed by atoms with Crippen molar-refractivity contribution in [2.45, 2.75) is 18.6 Å². The van der Waals surface area contributed by atoms with Crippen LogP contribution in [0.3, 0.4) is 0 Å². The van der Waals surface area contributed by atoms with Crippen LogP contribution in [0.5, 0.6) is 0 Å². The molecular formula is C14H12N4O4S. The van der Waals surface area contributed by atoms with E-state index in [1.165, 1.54) is 23.9 Å². The van der Waals surface area contributed by atoms with E-state index in [4.69, 9.17) is 8.83 Å². The van der Waals surface area contributed by atoms with Crippen LogP contribution in [-0.2, 0) is 6.54 Å². The Balaban J connectivity index is 1.75. The molecule has 0 aliphatic rings. The van der Waals surface area contributed by atoms with Crippen LogP contribution in [-0.4, -0.2) is 19.7 Å². The lowest BCUT2D eigenvalue weighted by atomic mass is 10.4. The van der Waals surface area contributed by atoms with Gasteiger partial charge in [0, 0.05) is 6.54 Å². The minimum atomic E-state index is -0.576. The second kappa shape index (κ2) is 6.53. The summed E-state index contributed by atoms with van der Waals surface area (Å²) >= 11 is 1.34. The highest BCUT2D eigenvalue weighted by molar-refractivity contribution is 8.02. The maximum atomic E-state index is 10.6. The highest BCUT2D eigenvalue weighted by Gasteiger charge is 2.14. The van der Waals surface area contributed by atoms with Gasteiger partial charge >= 0.3 is 5.88 Å². The topological polar surface area (TPSA) is 100 Å². The van der Waals surface area contributed by atoms with Gasteiger partial charge in [0.05, 0.1) is 12.3 Å². The molecule has 0 unspecified atom stereocenters. The summed E-state index contributed by atoms with van der Waals surface area (Å²) in [7, 11) is 0. The highest BCUT2D eigenvalue weighted by Crippen LogP contribution is 2.26. The first-order chi connectivity index (χ1) is 11.2. The predicted molar refractivity (Wildman–Crippen MR) is 83.7 cm³/mol. The fourth-order valence-corrected chi connectivity index (χ4v) is 2.70. The summed E-state index contributed by atoms with van der Waals surface area (Å²) in [6.07, 6.45) is 3.22. The number of hydrogen-bond donors (Lipinski definition) is 0. The maximum Gasteiger partial charge on any atom is 0.433 e. The summed E-state index contributed by atoms with van der Waals surface area (Å²) in [6.45, 7) is 2.67. The molecule has 0 atom stereocenters. The third-order valence-electron chi connectivity index (χ3n) is 2.97. The molecule has 0 aliphatic carbocycles. The standard InChI is InChI=1S/C14H12N4O4S/c1-2-17-13(11-4-3-8-21-11)15-16-14(17)23-9-7-10-5-6-12(22-10)18(19)20/h3-9H,2H2,1H3/b9-7+. The van der Waals surface area contributed by atoms with Crippen molar-refractivity contribution in [2.75, 3.05) is 0 Å². The second-order valence-corrected chi connectivity index (χ2v) is 5.25. The first kappa shape index (κ1) is 15.1. The quantitative estimate of drug-likeness (QED) is 0.384. The molecule has 3 heterocycles. The van der Waals surface area contributed by atoms with Crippen LogP contribution in [0.2, 0.25) is 0 Å². The molecule has 0 bridgehead atoms. The minimum Gasteiger partial charge on any atom is -0.461 e. The van der Waals surface area contributed by atoms with E-state index in [-0.39, 0.29) is 5.88 Å². The molecule has 0 aliphatic heterocycles. The molecule has 0 amide bonds. The number of nitrogens with zero attached hydrogens (tertiary/aromatic N) is 4. The molecule has 0 saturated heterocycles. The Bertz CT molecular complexity index is 835. The van der Waals surface area contributed by atoms with Gasteiger partial charge in [0.2, 0.25) is 0 Å². The number of aromatic nitrogens is 3. The highest BCUT2D eigenvalue weighted by atomic mass is 32.2. The average Bonchev–Trinajstić information content (AvgIpc) is 3.27. The van der Waals surface area contributed by atoms with Crippen LogP contribution in [0.25, 0.3) is 17.7 Å². The molecule has 0 fully saturated rings. The largest absolute Gasteiger partial charge is 0.461 e. The smallest absolute Gasteiger partial charge is 0.433 e. The molecule has 0 saturated carbocycles. The summed E-state index contributed by atoms with van der Waals surface area (Å²) in [4.78, 5) is 9.98. The Morgan fingerprint density at radius 3 is 2.91 bits per heavy atom. The fraction of sp³-hybridized carbons (Fsp3) is 0.143. The molecule has 0 N–H and O–H groups in total. The van der Waals surface area contributed by atoms with Gasteiger partial charge in [-0.2, -0.15) is 0 Å². The van der Waals surface area contributed by atoms with E-state index in [9.17, 15) is 10.1 Å². The molecule has 3 aromatic rings. The predicted octanol–water partition coefficient (Wildman–Crippen LogP) is 3.82. The maximum absolute atomic E-state index is 10.6. The van der Waals surface area contributed by atoms with Gasteiger partial charge in [0.1, 0.15) is 10.7 Å². The van der Waals surface area contributed by atoms with Gasteiger partial charge in [-0.3, -0.25) is 14.7 Å². The third-order valence-corrected chi connectivity index (χ3v) is 3.76. The summed E-state index contributed by atoms with van der Waals surface area (Å²) in [5.41, 5.74) is 0. The first-order valence-corrected chi connectivity index (χ1v) is 7.61. The fourth-order valence-electron chi connectivity index (χ4n) is 1.94. The summed E-state index contributed by atoms with van der Waals surface area (Å²) in [5.74, 6) is 1.42. The van der Waals surface area contributed by atoms with E-state index in [1.807, 2.05) is 17.6 Å². The van der Waals surface area contributed by atoms with Crippen LogP contribution in [0.15, 0.2) is 49.9 Å². The number of rotatable bonds is 6. The van der Waals surface area contributed by atoms with E-state index in [0.29, 0.717) is 29.0 Å². The molecule has 0 radical (unpaired) electrons. The van der Waals surface area contributed by atoms with Crippen molar-refractivity contribution in [2.24, 2.45) is 0 Å². The van der Waals surface area contributed by atoms with Crippen molar-refractivity contribution in [3.63, 3.8) is 0 Å². The number of thioether (sulfide) groups is 1. The van der Waals surface area contributed by atoms with Gasteiger partial charge in [-0.25, -0.2) is 0 Å². The Labute approximate surface area is 135 Å². The molecular weight excluding hydrogens is 320 g/mol. The van der Waals surface area contributed by atoms with Crippen molar-refractivity contribution in [1.29, 1.82) is 0 Å². The van der Waals surface area contributed by atoms with Crippen molar-refractivity contribution in [3.8, 4) is 11.6 Å². The van der Waals surface area contributed by atoms with Crippen LogP contribution in [0, 0.1) is 10.1 Å². The zero-order chi connectivity index (χ0) is 16.2. The van der Waals surface area contributed by atoms with Crippen LogP contribution >= 0.6 is 11.8 Å². The Morgan fingerprint density at radius 2 is 2.26 bits per heavy atom. The lowest BCUT2D eigenvalue weighted by molar-refractivity contribution is -0.402. The van der Waals surface area contributed by atoms with Crippen molar-refractivity contribution < 1.29 is 13.8 Å². The molecule has 3 rings (SSSR count). The lowest BCUT2D eigenvalue weighted by Gasteiger charge is -2.03. The molecule has 0 aromatic carbocycles. The number of hydrogen-bond acceptors (Lipinski definition) is 7. The second-order valence-electron chi connectivity index (χ2n) is 4.38. The van der Waals surface area contributed by atoms with Gasteiger partial charge < -0.3 is 8.83 Å². The Kier molecular flexibility index (Phi) is 4.29. The van der Waals surface area contributed by atoms with E-state index in [0.717, 1.165) is 0 Å². The normalized spacial score (nSPS) is 11.3. The minimum absolute atomic E-state index is 0.286. The lowest BCUT2D eigenvalue weighted by Crippen LogP contribution is -1.98. The molecule has 118 valence electrons. The van der Waals surface area contributed by atoms with Gasteiger partial charge in [0.25, 0.3) is 0 Å². The van der Waals surface area contributed by atoms with Gasteiger partial charge in [-0.15, -0.1) is 10.2 Å². The van der Waals surface area contributed by atoms with Gasteiger partial charge in [-0.1, -0.05) is 11.8 Å². The van der Waals surface area contributed by atoms with Crippen LogP contribution in [0.1, 0.15) is 12.7 Å². The van der Waals surface area contributed by atoms with E-state index in [1.54, 1.807) is 23.8 Å².